The lowest BCUT2D eigenvalue weighted by Crippen LogP contribution is -1.92. The van der Waals surface area contributed by atoms with Gasteiger partial charge in [0, 0.05) is 18.2 Å². The van der Waals surface area contributed by atoms with E-state index in [0.717, 1.165) is 33.8 Å². The van der Waals surface area contributed by atoms with Gasteiger partial charge in [-0.2, -0.15) is 0 Å². The molecule has 2 aromatic carbocycles. The van der Waals surface area contributed by atoms with E-state index in [0.29, 0.717) is 12.2 Å². The van der Waals surface area contributed by atoms with Crippen molar-refractivity contribution in [2.75, 3.05) is 0 Å². The minimum Gasteiger partial charge on any atom is -0.508 e. The van der Waals surface area contributed by atoms with Crippen molar-refractivity contribution in [2.24, 2.45) is 0 Å². The second-order valence-corrected chi connectivity index (χ2v) is 6.13. The minimum atomic E-state index is 0.327. The number of rotatable bonds is 4. The van der Waals surface area contributed by atoms with Crippen LogP contribution >= 0.6 is 0 Å². The van der Waals surface area contributed by atoms with Crippen LogP contribution in [0, 0.1) is 0 Å². The highest BCUT2D eigenvalue weighted by Crippen LogP contribution is 2.25. The summed E-state index contributed by atoms with van der Waals surface area (Å²) in [5, 5.41) is 10.0. The lowest BCUT2D eigenvalue weighted by Gasteiger charge is -2.08. The molecule has 0 unspecified atom stereocenters. The maximum absolute atomic E-state index is 10.0. The van der Waals surface area contributed by atoms with Gasteiger partial charge < -0.3 is 5.11 Å². The summed E-state index contributed by atoms with van der Waals surface area (Å²) >= 11 is 0. The standard InChI is InChI=1S/C23H18N2O/c26-23-13-2-1-8-19(23)16-17-7-5-9-18(15-17)20-11-6-12-22(25-20)21-10-3-4-14-24-21/h1-15,26H,16H2. The number of aromatic nitrogens is 2. The molecule has 0 aliphatic heterocycles. The molecule has 26 heavy (non-hydrogen) atoms. The monoisotopic (exact) mass is 338 g/mol. The Morgan fingerprint density at radius 3 is 2.31 bits per heavy atom. The third-order valence-corrected chi connectivity index (χ3v) is 4.29. The van der Waals surface area contributed by atoms with Gasteiger partial charge in [-0.15, -0.1) is 0 Å². The van der Waals surface area contributed by atoms with Crippen LogP contribution in [0.4, 0.5) is 0 Å². The van der Waals surface area contributed by atoms with Crippen molar-refractivity contribution >= 4 is 0 Å². The molecule has 0 radical (unpaired) electrons. The predicted octanol–water partition coefficient (Wildman–Crippen LogP) is 5.11. The molecule has 0 aliphatic rings. The smallest absolute Gasteiger partial charge is 0.119 e. The minimum absolute atomic E-state index is 0.327. The predicted molar refractivity (Wildman–Crippen MR) is 104 cm³/mol. The van der Waals surface area contributed by atoms with Crippen LogP contribution < -0.4 is 0 Å². The van der Waals surface area contributed by atoms with Crippen molar-refractivity contribution < 1.29 is 5.11 Å². The van der Waals surface area contributed by atoms with Crippen molar-refractivity contribution in [3.8, 4) is 28.4 Å². The van der Waals surface area contributed by atoms with E-state index in [4.69, 9.17) is 4.98 Å². The first-order chi connectivity index (χ1) is 12.8. The second kappa shape index (κ2) is 7.19. The molecular formula is C23H18N2O. The number of para-hydroxylation sites is 1. The SMILES string of the molecule is Oc1ccccc1Cc1cccc(-c2cccc(-c3ccccn3)n2)c1. The molecule has 3 nitrogen and oxygen atoms in total. The maximum atomic E-state index is 10.0. The number of phenols is 1. The Bertz CT molecular complexity index is 1030. The summed E-state index contributed by atoms with van der Waals surface area (Å²) in [6.07, 6.45) is 2.46. The quantitative estimate of drug-likeness (QED) is 0.562. The average molecular weight is 338 g/mol. The molecule has 0 fully saturated rings. The molecule has 0 amide bonds. The van der Waals surface area contributed by atoms with Crippen molar-refractivity contribution in [3.63, 3.8) is 0 Å². The first-order valence-corrected chi connectivity index (χ1v) is 8.54. The highest BCUT2D eigenvalue weighted by atomic mass is 16.3. The Morgan fingerprint density at radius 1 is 0.692 bits per heavy atom. The number of phenolic OH excluding ortho intramolecular Hbond substituents is 1. The molecule has 4 rings (SSSR count). The van der Waals surface area contributed by atoms with Gasteiger partial charge in [-0.05, 0) is 47.5 Å². The van der Waals surface area contributed by atoms with Gasteiger partial charge in [0.05, 0.1) is 17.1 Å². The molecule has 1 N–H and O–H groups in total. The molecule has 0 aliphatic carbocycles. The number of nitrogens with zero attached hydrogens (tertiary/aromatic N) is 2. The second-order valence-electron chi connectivity index (χ2n) is 6.13. The lowest BCUT2D eigenvalue weighted by molar-refractivity contribution is 0.469. The summed E-state index contributed by atoms with van der Waals surface area (Å²) in [6.45, 7) is 0. The van der Waals surface area contributed by atoms with Gasteiger partial charge in [0.25, 0.3) is 0 Å². The van der Waals surface area contributed by atoms with Crippen molar-refractivity contribution in [1.29, 1.82) is 0 Å². The Hall–Kier alpha value is -3.46. The Kier molecular flexibility index (Phi) is 4.44. The van der Waals surface area contributed by atoms with Crippen LogP contribution in [0.2, 0.25) is 0 Å². The summed E-state index contributed by atoms with van der Waals surface area (Å²) in [7, 11) is 0. The summed E-state index contributed by atoms with van der Waals surface area (Å²) in [5.74, 6) is 0.327. The summed E-state index contributed by atoms with van der Waals surface area (Å²) in [5.41, 5.74) is 5.73. The van der Waals surface area contributed by atoms with Gasteiger partial charge in [-0.1, -0.05) is 48.5 Å². The average Bonchev–Trinajstić information content (AvgIpc) is 2.71. The van der Waals surface area contributed by atoms with Crippen LogP contribution in [-0.4, -0.2) is 15.1 Å². The number of pyridine rings is 2. The van der Waals surface area contributed by atoms with Crippen LogP contribution in [0.25, 0.3) is 22.6 Å². The Morgan fingerprint density at radius 2 is 1.46 bits per heavy atom. The van der Waals surface area contributed by atoms with Gasteiger partial charge in [0.15, 0.2) is 0 Å². The lowest BCUT2D eigenvalue weighted by atomic mass is 10.0. The molecule has 2 heterocycles. The summed E-state index contributed by atoms with van der Waals surface area (Å²) in [6, 6.07) is 27.5. The van der Waals surface area contributed by atoms with Gasteiger partial charge in [0.2, 0.25) is 0 Å². The van der Waals surface area contributed by atoms with E-state index in [-0.39, 0.29) is 0 Å². The molecule has 0 atom stereocenters. The van der Waals surface area contributed by atoms with Crippen LogP contribution in [0.15, 0.2) is 91.1 Å². The molecule has 0 saturated carbocycles. The maximum Gasteiger partial charge on any atom is 0.119 e. The fourth-order valence-electron chi connectivity index (χ4n) is 2.97. The number of hydrogen-bond donors (Lipinski definition) is 1. The highest BCUT2D eigenvalue weighted by Gasteiger charge is 2.06. The molecule has 4 aromatic rings. The molecule has 2 aromatic heterocycles. The molecule has 126 valence electrons. The molecule has 0 spiro atoms. The molecule has 0 saturated heterocycles. The molecule has 3 heteroatoms. The number of benzene rings is 2. The van der Waals surface area contributed by atoms with Gasteiger partial charge in [-0.3, -0.25) is 4.98 Å². The Balaban J connectivity index is 1.66. The fourth-order valence-corrected chi connectivity index (χ4v) is 2.97. The van der Waals surface area contributed by atoms with E-state index < -0.39 is 0 Å². The van der Waals surface area contributed by atoms with Crippen LogP contribution in [0.3, 0.4) is 0 Å². The molecular weight excluding hydrogens is 320 g/mol. The fraction of sp³-hybridized carbons (Fsp3) is 0.0435. The van der Waals surface area contributed by atoms with Gasteiger partial charge >= 0.3 is 0 Å². The van der Waals surface area contributed by atoms with E-state index in [1.54, 1.807) is 12.3 Å². The summed E-state index contributed by atoms with van der Waals surface area (Å²) < 4.78 is 0. The van der Waals surface area contributed by atoms with Crippen LogP contribution in [-0.2, 0) is 6.42 Å². The number of aromatic hydroxyl groups is 1. The first kappa shape index (κ1) is 16.0. The zero-order chi connectivity index (χ0) is 17.8. The van der Waals surface area contributed by atoms with Gasteiger partial charge in [-0.25, -0.2) is 4.98 Å². The van der Waals surface area contributed by atoms with Crippen LogP contribution in [0.5, 0.6) is 5.75 Å². The van der Waals surface area contributed by atoms with Crippen molar-refractivity contribution in [3.05, 3.63) is 102 Å². The largest absolute Gasteiger partial charge is 0.508 e. The highest BCUT2D eigenvalue weighted by molar-refractivity contribution is 5.65. The first-order valence-electron chi connectivity index (χ1n) is 8.54. The normalized spacial score (nSPS) is 10.6. The van der Waals surface area contributed by atoms with E-state index >= 15 is 0 Å². The topological polar surface area (TPSA) is 46.0 Å². The van der Waals surface area contributed by atoms with E-state index in [1.165, 1.54) is 0 Å². The van der Waals surface area contributed by atoms with Crippen molar-refractivity contribution in [1.82, 2.24) is 9.97 Å². The van der Waals surface area contributed by atoms with E-state index in [1.807, 2.05) is 60.7 Å². The zero-order valence-electron chi connectivity index (χ0n) is 14.2. The third-order valence-electron chi connectivity index (χ3n) is 4.29. The van der Waals surface area contributed by atoms with E-state index in [9.17, 15) is 5.11 Å². The third kappa shape index (κ3) is 3.47. The Labute approximate surface area is 152 Å². The zero-order valence-corrected chi connectivity index (χ0v) is 14.2. The van der Waals surface area contributed by atoms with Gasteiger partial charge in [0.1, 0.15) is 5.75 Å². The van der Waals surface area contributed by atoms with Crippen LogP contribution in [0.1, 0.15) is 11.1 Å². The molecule has 0 bridgehead atoms. The number of hydrogen-bond acceptors (Lipinski definition) is 3. The summed E-state index contributed by atoms with van der Waals surface area (Å²) in [4.78, 5) is 9.14. The van der Waals surface area contributed by atoms with E-state index in [2.05, 4.69) is 23.2 Å². The van der Waals surface area contributed by atoms with Crippen molar-refractivity contribution in [2.45, 2.75) is 6.42 Å².